The van der Waals surface area contributed by atoms with Crippen molar-refractivity contribution in [3.8, 4) is 0 Å². The van der Waals surface area contributed by atoms with Crippen molar-refractivity contribution < 1.29 is 0 Å². The zero-order valence-electron chi connectivity index (χ0n) is 11.5. The first-order chi connectivity index (χ1) is 8.78. The fourth-order valence-electron chi connectivity index (χ4n) is 2.72. The molecular formula is C15H24N2S. The lowest BCUT2D eigenvalue weighted by molar-refractivity contribution is 0.372. The lowest BCUT2D eigenvalue weighted by atomic mass is 9.99. The summed E-state index contributed by atoms with van der Waals surface area (Å²) >= 11 is 1.98. The molecule has 1 fully saturated rings. The van der Waals surface area contributed by atoms with Crippen molar-refractivity contribution in [2.75, 3.05) is 0 Å². The van der Waals surface area contributed by atoms with Gasteiger partial charge in [-0.1, -0.05) is 20.3 Å². The SMILES string of the molecule is CCC(C)C(NC1CC1)c1nc2c(s1)CCCC2. The maximum atomic E-state index is 4.96. The minimum atomic E-state index is 0.498. The molecule has 100 valence electrons. The molecule has 0 saturated heterocycles. The number of thiazole rings is 1. The maximum Gasteiger partial charge on any atom is 0.110 e. The van der Waals surface area contributed by atoms with Crippen LogP contribution in [-0.4, -0.2) is 11.0 Å². The number of nitrogens with one attached hydrogen (secondary N) is 1. The summed E-state index contributed by atoms with van der Waals surface area (Å²) in [6.45, 7) is 4.65. The highest BCUT2D eigenvalue weighted by molar-refractivity contribution is 7.11. The van der Waals surface area contributed by atoms with E-state index < -0.39 is 0 Å². The normalized spacial score (nSPS) is 22.6. The predicted octanol–water partition coefficient (Wildman–Crippen LogP) is 3.86. The lowest BCUT2D eigenvalue weighted by Gasteiger charge is -2.22. The molecule has 2 aliphatic carbocycles. The minimum absolute atomic E-state index is 0.498. The number of hydrogen-bond donors (Lipinski definition) is 1. The Bertz CT molecular complexity index is 385. The van der Waals surface area contributed by atoms with Gasteiger partial charge in [0.25, 0.3) is 0 Å². The van der Waals surface area contributed by atoms with Crippen LogP contribution in [0.3, 0.4) is 0 Å². The number of aromatic nitrogens is 1. The second-order valence-corrected chi connectivity index (χ2v) is 7.05. The largest absolute Gasteiger partial charge is 0.305 e. The number of nitrogens with zero attached hydrogens (tertiary/aromatic N) is 1. The van der Waals surface area contributed by atoms with Crippen molar-refractivity contribution in [3.63, 3.8) is 0 Å². The van der Waals surface area contributed by atoms with E-state index in [2.05, 4.69) is 19.2 Å². The van der Waals surface area contributed by atoms with Crippen molar-refractivity contribution in [3.05, 3.63) is 15.6 Å². The summed E-state index contributed by atoms with van der Waals surface area (Å²) in [6.07, 6.45) is 9.12. The van der Waals surface area contributed by atoms with Gasteiger partial charge in [0.1, 0.15) is 5.01 Å². The van der Waals surface area contributed by atoms with Gasteiger partial charge in [0.2, 0.25) is 0 Å². The van der Waals surface area contributed by atoms with Crippen molar-refractivity contribution in [1.29, 1.82) is 0 Å². The molecule has 2 unspecified atom stereocenters. The van der Waals surface area contributed by atoms with Gasteiger partial charge in [0.05, 0.1) is 11.7 Å². The second kappa shape index (κ2) is 5.30. The highest BCUT2D eigenvalue weighted by Crippen LogP contribution is 2.35. The Hall–Kier alpha value is -0.410. The van der Waals surface area contributed by atoms with Gasteiger partial charge in [-0.2, -0.15) is 0 Å². The molecule has 0 spiro atoms. The van der Waals surface area contributed by atoms with E-state index in [1.807, 2.05) is 11.3 Å². The molecule has 0 aromatic carbocycles. The molecule has 2 nitrogen and oxygen atoms in total. The van der Waals surface area contributed by atoms with Crippen LogP contribution in [0, 0.1) is 5.92 Å². The Balaban J connectivity index is 1.81. The molecule has 2 aliphatic rings. The van der Waals surface area contributed by atoms with Crippen LogP contribution in [0.25, 0.3) is 0 Å². The lowest BCUT2D eigenvalue weighted by Crippen LogP contribution is -2.28. The molecule has 3 heteroatoms. The van der Waals surface area contributed by atoms with Gasteiger partial charge in [0, 0.05) is 10.9 Å². The molecular weight excluding hydrogens is 240 g/mol. The molecule has 1 aromatic rings. The number of aryl methyl sites for hydroxylation is 2. The zero-order valence-corrected chi connectivity index (χ0v) is 12.4. The Morgan fingerprint density at radius 2 is 2.11 bits per heavy atom. The average Bonchev–Trinajstić information content (AvgIpc) is 3.11. The van der Waals surface area contributed by atoms with E-state index in [4.69, 9.17) is 4.98 Å². The summed E-state index contributed by atoms with van der Waals surface area (Å²) in [5.74, 6) is 0.693. The number of fused-ring (bicyclic) bond motifs is 1. The quantitative estimate of drug-likeness (QED) is 0.873. The molecule has 0 bridgehead atoms. The van der Waals surface area contributed by atoms with Gasteiger partial charge in [-0.3, -0.25) is 0 Å². The summed E-state index contributed by atoms with van der Waals surface area (Å²) in [5.41, 5.74) is 1.41. The smallest absolute Gasteiger partial charge is 0.110 e. The van der Waals surface area contributed by atoms with Crippen molar-refractivity contribution in [2.45, 2.75) is 70.9 Å². The van der Waals surface area contributed by atoms with E-state index in [1.54, 1.807) is 4.88 Å². The molecule has 1 heterocycles. The fourth-order valence-corrected chi connectivity index (χ4v) is 4.07. The molecule has 0 radical (unpaired) electrons. The van der Waals surface area contributed by atoms with E-state index in [1.165, 1.54) is 55.6 Å². The maximum absolute atomic E-state index is 4.96. The Labute approximate surface area is 114 Å². The number of rotatable bonds is 5. The third kappa shape index (κ3) is 2.62. The third-order valence-corrected chi connectivity index (χ3v) is 5.57. The van der Waals surface area contributed by atoms with Crippen LogP contribution in [0.4, 0.5) is 0 Å². The van der Waals surface area contributed by atoms with Gasteiger partial charge in [-0.15, -0.1) is 11.3 Å². The van der Waals surface area contributed by atoms with Gasteiger partial charge < -0.3 is 5.32 Å². The molecule has 2 atom stereocenters. The molecule has 18 heavy (non-hydrogen) atoms. The highest BCUT2D eigenvalue weighted by atomic mass is 32.1. The molecule has 1 aromatic heterocycles. The van der Waals surface area contributed by atoms with E-state index in [0.717, 1.165) is 6.04 Å². The van der Waals surface area contributed by atoms with Crippen LogP contribution in [0.1, 0.15) is 67.6 Å². The van der Waals surface area contributed by atoms with Gasteiger partial charge in [-0.05, 0) is 44.4 Å². The first-order valence-electron chi connectivity index (χ1n) is 7.52. The monoisotopic (exact) mass is 264 g/mol. The van der Waals surface area contributed by atoms with E-state index in [0.29, 0.717) is 12.0 Å². The summed E-state index contributed by atoms with van der Waals surface area (Å²) in [7, 11) is 0. The van der Waals surface area contributed by atoms with Crippen LogP contribution in [0.15, 0.2) is 0 Å². The molecule has 3 rings (SSSR count). The fraction of sp³-hybridized carbons (Fsp3) is 0.800. The summed E-state index contributed by atoms with van der Waals surface area (Å²) in [6, 6.07) is 1.27. The van der Waals surface area contributed by atoms with Gasteiger partial charge in [-0.25, -0.2) is 4.98 Å². The standard InChI is InChI=1S/C15H24N2S/c1-3-10(2)14(16-11-8-9-11)15-17-12-6-4-5-7-13(12)18-15/h10-11,14,16H,3-9H2,1-2H3. The first kappa shape index (κ1) is 12.6. The predicted molar refractivity (Wildman–Crippen MR) is 77.1 cm³/mol. The summed E-state index contributed by atoms with van der Waals surface area (Å²) < 4.78 is 0. The van der Waals surface area contributed by atoms with Crippen molar-refractivity contribution in [1.82, 2.24) is 10.3 Å². The van der Waals surface area contributed by atoms with Crippen LogP contribution in [0.2, 0.25) is 0 Å². The summed E-state index contributed by atoms with van der Waals surface area (Å²) in [4.78, 5) is 6.53. The Morgan fingerprint density at radius 1 is 1.33 bits per heavy atom. The second-order valence-electron chi connectivity index (χ2n) is 5.93. The Morgan fingerprint density at radius 3 is 2.78 bits per heavy atom. The molecule has 0 amide bonds. The van der Waals surface area contributed by atoms with E-state index in [-0.39, 0.29) is 0 Å². The molecule has 1 saturated carbocycles. The number of hydrogen-bond acceptors (Lipinski definition) is 3. The van der Waals surface area contributed by atoms with Crippen LogP contribution in [0.5, 0.6) is 0 Å². The van der Waals surface area contributed by atoms with Crippen molar-refractivity contribution in [2.24, 2.45) is 5.92 Å². The average molecular weight is 264 g/mol. The zero-order chi connectivity index (χ0) is 12.5. The highest BCUT2D eigenvalue weighted by Gasteiger charge is 2.30. The van der Waals surface area contributed by atoms with E-state index in [9.17, 15) is 0 Å². The summed E-state index contributed by atoms with van der Waals surface area (Å²) in [5, 5.41) is 5.18. The van der Waals surface area contributed by atoms with Crippen LogP contribution >= 0.6 is 11.3 Å². The molecule has 0 aliphatic heterocycles. The van der Waals surface area contributed by atoms with Gasteiger partial charge in [0.15, 0.2) is 0 Å². The third-order valence-electron chi connectivity index (χ3n) is 4.33. The van der Waals surface area contributed by atoms with Crippen molar-refractivity contribution >= 4 is 11.3 Å². The minimum Gasteiger partial charge on any atom is -0.305 e. The van der Waals surface area contributed by atoms with Crippen LogP contribution in [-0.2, 0) is 12.8 Å². The topological polar surface area (TPSA) is 24.9 Å². The van der Waals surface area contributed by atoms with E-state index >= 15 is 0 Å². The van der Waals surface area contributed by atoms with Gasteiger partial charge >= 0.3 is 0 Å². The van der Waals surface area contributed by atoms with Crippen LogP contribution < -0.4 is 5.32 Å². The Kier molecular flexibility index (Phi) is 3.71. The molecule has 1 N–H and O–H groups in total. The first-order valence-corrected chi connectivity index (χ1v) is 8.34.